The SMILES string of the molecule is CCN(CC)c1ccc(CNC(=NC)NCc2cc(C)ccc2OC(F)F)cn1.I. The third-order valence-corrected chi connectivity index (χ3v) is 4.46. The van der Waals surface area contributed by atoms with Gasteiger partial charge in [0.2, 0.25) is 0 Å². The largest absolute Gasteiger partial charge is 0.434 e. The highest BCUT2D eigenvalue weighted by atomic mass is 127. The second-order valence-electron chi connectivity index (χ2n) is 6.47. The van der Waals surface area contributed by atoms with Gasteiger partial charge in [-0.25, -0.2) is 4.98 Å². The lowest BCUT2D eigenvalue weighted by atomic mass is 10.1. The minimum absolute atomic E-state index is 0. The molecule has 0 aliphatic rings. The van der Waals surface area contributed by atoms with Gasteiger partial charge in [0, 0.05) is 45.0 Å². The highest BCUT2D eigenvalue weighted by molar-refractivity contribution is 14.0. The van der Waals surface area contributed by atoms with Crippen LogP contribution in [0.3, 0.4) is 0 Å². The van der Waals surface area contributed by atoms with Gasteiger partial charge in [-0.3, -0.25) is 4.99 Å². The van der Waals surface area contributed by atoms with Crippen LogP contribution in [0.1, 0.15) is 30.5 Å². The fraction of sp³-hybridized carbons (Fsp3) is 0.429. The van der Waals surface area contributed by atoms with E-state index in [1.807, 2.05) is 31.3 Å². The van der Waals surface area contributed by atoms with Crippen molar-refractivity contribution in [1.29, 1.82) is 0 Å². The summed E-state index contributed by atoms with van der Waals surface area (Å²) >= 11 is 0. The van der Waals surface area contributed by atoms with Crippen LogP contribution in [0, 0.1) is 6.92 Å². The molecule has 0 saturated heterocycles. The first kappa shape index (κ1) is 25.9. The molecule has 2 aromatic rings. The average molecular weight is 533 g/mol. The molecular formula is C21H30F2IN5O. The Balaban J connectivity index is 0.00000450. The van der Waals surface area contributed by atoms with Crippen molar-refractivity contribution in [2.45, 2.75) is 40.5 Å². The Morgan fingerprint density at radius 2 is 1.83 bits per heavy atom. The number of aliphatic imine (C=N–C) groups is 1. The zero-order valence-corrected chi connectivity index (χ0v) is 20.1. The molecular weight excluding hydrogens is 503 g/mol. The van der Waals surface area contributed by atoms with Gasteiger partial charge in [-0.2, -0.15) is 8.78 Å². The van der Waals surface area contributed by atoms with Gasteiger partial charge < -0.3 is 20.3 Å². The summed E-state index contributed by atoms with van der Waals surface area (Å²) in [6.07, 6.45) is 1.84. The summed E-state index contributed by atoms with van der Waals surface area (Å²) in [4.78, 5) is 10.9. The summed E-state index contributed by atoms with van der Waals surface area (Å²) in [6, 6.07) is 9.13. The molecule has 0 aliphatic carbocycles. The first-order valence-electron chi connectivity index (χ1n) is 9.65. The number of rotatable bonds is 9. The number of alkyl halides is 2. The number of aryl methyl sites for hydroxylation is 1. The number of halogens is 3. The predicted octanol–water partition coefficient (Wildman–Crippen LogP) is 4.32. The van der Waals surface area contributed by atoms with Crippen LogP contribution in [0.15, 0.2) is 41.5 Å². The van der Waals surface area contributed by atoms with Crippen LogP contribution in [0.4, 0.5) is 14.6 Å². The fourth-order valence-electron chi connectivity index (χ4n) is 2.90. The fourth-order valence-corrected chi connectivity index (χ4v) is 2.90. The molecule has 0 amide bonds. The van der Waals surface area contributed by atoms with Gasteiger partial charge in [-0.15, -0.1) is 24.0 Å². The molecule has 0 spiro atoms. The lowest BCUT2D eigenvalue weighted by molar-refractivity contribution is -0.0504. The Morgan fingerprint density at radius 3 is 2.40 bits per heavy atom. The van der Waals surface area contributed by atoms with E-state index in [2.05, 4.69) is 44.1 Å². The van der Waals surface area contributed by atoms with Gasteiger partial charge in [-0.1, -0.05) is 23.8 Å². The molecule has 2 N–H and O–H groups in total. The van der Waals surface area contributed by atoms with Gasteiger partial charge >= 0.3 is 6.61 Å². The summed E-state index contributed by atoms with van der Waals surface area (Å²) in [5.41, 5.74) is 2.62. The molecule has 0 aliphatic heterocycles. The third-order valence-electron chi connectivity index (χ3n) is 4.46. The van der Waals surface area contributed by atoms with Crippen LogP contribution in [-0.2, 0) is 13.1 Å². The molecule has 30 heavy (non-hydrogen) atoms. The lowest BCUT2D eigenvalue weighted by Crippen LogP contribution is -2.36. The van der Waals surface area contributed by atoms with E-state index >= 15 is 0 Å². The molecule has 1 aromatic heterocycles. The maximum atomic E-state index is 12.6. The van der Waals surface area contributed by atoms with E-state index in [0.717, 1.165) is 30.0 Å². The molecule has 6 nitrogen and oxygen atoms in total. The first-order valence-corrected chi connectivity index (χ1v) is 9.65. The summed E-state index contributed by atoms with van der Waals surface area (Å²) in [5.74, 6) is 1.67. The number of guanidine groups is 1. The van der Waals surface area contributed by atoms with Gasteiger partial charge in [0.25, 0.3) is 0 Å². The summed E-state index contributed by atoms with van der Waals surface area (Å²) in [7, 11) is 1.66. The van der Waals surface area contributed by atoms with E-state index in [1.165, 1.54) is 0 Å². The molecule has 9 heteroatoms. The molecule has 1 heterocycles. The van der Waals surface area contributed by atoms with Crippen molar-refractivity contribution in [2.24, 2.45) is 4.99 Å². The quantitative estimate of drug-likeness (QED) is 0.286. The lowest BCUT2D eigenvalue weighted by Gasteiger charge is -2.20. The zero-order chi connectivity index (χ0) is 21.2. The van der Waals surface area contributed by atoms with Gasteiger partial charge in [0.05, 0.1) is 0 Å². The second kappa shape index (κ2) is 13.2. The highest BCUT2D eigenvalue weighted by Gasteiger charge is 2.11. The molecule has 0 radical (unpaired) electrons. The van der Waals surface area contributed by atoms with E-state index in [1.54, 1.807) is 19.2 Å². The van der Waals surface area contributed by atoms with Crippen LogP contribution < -0.4 is 20.3 Å². The Labute approximate surface area is 194 Å². The minimum Gasteiger partial charge on any atom is -0.434 e. The van der Waals surface area contributed by atoms with Gasteiger partial charge in [0.1, 0.15) is 11.6 Å². The molecule has 0 bridgehead atoms. The molecule has 2 rings (SSSR count). The number of pyridine rings is 1. The van der Waals surface area contributed by atoms with E-state index in [0.29, 0.717) is 24.6 Å². The predicted molar refractivity (Wildman–Crippen MR) is 128 cm³/mol. The third kappa shape index (κ3) is 7.92. The van der Waals surface area contributed by atoms with Crippen LogP contribution >= 0.6 is 24.0 Å². The van der Waals surface area contributed by atoms with Gasteiger partial charge in [-0.05, 0) is 38.5 Å². The molecule has 166 valence electrons. The number of hydrogen-bond acceptors (Lipinski definition) is 4. The molecule has 1 aromatic carbocycles. The Kier molecular flexibility index (Phi) is 11.4. The van der Waals surface area contributed by atoms with E-state index in [-0.39, 0.29) is 29.7 Å². The normalized spacial score (nSPS) is 11.1. The summed E-state index contributed by atoms with van der Waals surface area (Å²) < 4.78 is 29.8. The van der Waals surface area contributed by atoms with Crippen LogP contribution in [0.5, 0.6) is 5.75 Å². The second-order valence-corrected chi connectivity index (χ2v) is 6.47. The Morgan fingerprint density at radius 1 is 1.13 bits per heavy atom. The van der Waals surface area contributed by atoms with Crippen molar-refractivity contribution >= 4 is 35.8 Å². The highest BCUT2D eigenvalue weighted by Crippen LogP contribution is 2.22. The Hall–Kier alpha value is -2.17. The average Bonchev–Trinajstić information content (AvgIpc) is 2.71. The topological polar surface area (TPSA) is 61.8 Å². The Bertz CT molecular complexity index is 798. The van der Waals surface area contributed by atoms with Crippen LogP contribution in [0.25, 0.3) is 0 Å². The number of ether oxygens (including phenoxy) is 1. The summed E-state index contributed by atoms with van der Waals surface area (Å²) in [5, 5.41) is 6.33. The molecule has 0 unspecified atom stereocenters. The molecule has 0 fully saturated rings. The molecule has 0 saturated carbocycles. The minimum atomic E-state index is -2.86. The smallest absolute Gasteiger partial charge is 0.387 e. The maximum Gasteiger partial charge on any atom is 0.387 e. The zero-order valence-electron chi connectivity index (χ0n) is 17.8. The van der Waals surface area contributed by atoms with Crippen molar-refractivity contribution in [3.05, 3.63) is 53.2 Å². The van der Waals surface area contributed by atoms with Crippen LogP contribution in [-0.4, -0.2) is 37.7 Å². The standard InChI is InChI=1S/C21H29F2N5O.HI/c1-5-28(6-2)19-10-8-16(12-25-19)13-26-21(24-4)27-14-17-11-15(3)7-9-18(17)29-20(22)23;/h7-12,20H,5-6,13-14H2,1-4H3,(H2,24,26,27);1H. The summed E-state index contributed by atoms with van der Waals surface area (Å²) in [6.45, 7) is 5.91. The molecule has 0 atom stereocenters. The number of aromatic nitrogens is 1. The maximum absolute atomic E-state index is 12.6. The number of benzene rings is 1. The van der Waals surface area contributed by atoms with E-state index in [9.17, 15) is 8.78 Å². The van der Waals surface area contributed by atoms with E-state index < -0.39 is 6.61 Å². The van der Waals surface area contributed by atoms with Gasteiger partial charge in [0.15, 0.2) is 5.96 Å². The van der Waals surface area contributed by atoms with Crippen LogP contribution in [0.2, 0.25) is 0 Å². The van der Waals surface area contributed by atoms with Crippen molar-refractivity contribution < 1.29 is 13.5 Å². The van der Waals surface area contributed by atoms with Crippen molar-refractivity contribution in [3.8, 4) is 5.75 Å². The van der Waals surface area contributed by atoms with Crippen molar-refractivity contribution in [2.75, 3.05) is 25.0 Å². The number of nitrogens with one attached hydrogen (secondary N) is 2. The van der Waals surface area contributed by atoms with Crippen molar-refractivity contribution in [3.63, 3.8) is 0 Å². The monoisotopic (exact) mass is 533 g/mol. The first-order chi connectivity index (χ1) is 14.0. The number of nitrogens with zero attached hydrogens (tertiary/aromatic N) is 3. The van der Waals surface area contributed by atoms with Crippen molar-refractivity contribution in [1.82, 2.24) is 15.6 Å². The van der Waals surface area contributed by atoms with E-state index in [4.69, 9.17) is 0 Å². The number of anilines is 1. The number of hydrogen-bond donors (Lipinski definition) is 2.